The highest BCUT2D eigenvalue weighted by Gasteiger charge is 2.06. The van der Waals surface area contributed by atoms with Gasteiger partial charge in [-0.2, -0.15) is 0 Å². The molecule has 0 saturated heterocycles. The first-order valence-electron chi connectivity index (χ1n) is 10.4. The number of esters is 1. The first kappa shape index (κ1) is 23.0. The topological polar surface area (TPSA) is 64.6 Å². The number of amides is 1. The maximum absolute atomic E-state index is 11.6. The Labute approximate surface area is 163 Å². The molecule has 1 aromatic rings. The van der Waals surface area contributed by atoms with Crippen molar-refractivity contribution in [3.63, 3.8) is 0 Å². The summed E-state index contributed by atoms with van der Waals surface area (Å²) in [7, 11) is 0. The second-order valence-electron chi connectivity index (χ2n) is 6.78. The Morgan fingerprint density at radius 3 is 2.07 bits per heavy atom. The first-order valence-corrected chi connectivity index (χ1v) is 10.4. The van der Waals surface area contributed by atoms with E-state index in [2.05, 4.69) is 12.2 Å². The van der Waals surface area contributed by atoms with E-state index in [-0.39, 0.29) is 18.9 Å². The Balaban J connectivity index is 1.88. The Bertz CT molecular complexity index is 504. The summed E-state index contributed by atoms with van der Waals surface area (Å²) in [4.78, 5) is 23.2. The molecule has 0 aliphatic carbocycles. The summed E-state index contributed by atoms with van der Waals surface area (Å²) in [5.41, 5.74) is 0. The second-order valence-corrected chi connectivity index (χ2v) is 6.78. The zero-order valence-electron chi connectivity index (χ0n) is 16.7. The second kappa shape index (κ2) is 16.2. The number of benzene rings is 1. The largest absolute Gasteiger partial charge is 0.466 e. The minimum absolute atomic E-state index is 0.154. The van der Waals surface area contributed by atoms with Crippen LogP contribution in [-0.2, 0) is 9.53 Å². The molecular weight excluding hydrogens is 342 g/mol. The third-order valence-electron chi connectivity index (χ3n) is 4.31. The Hall–Kier alpha value is -2.04. The molecule has 0 radical (unpaired) electrons. The quantitative estimate of drug-likeness (QED) is 0.318. The van der Waals surface area contributed by atoms with E-state index >= 15 is 0 Å². The summed E-state index contributed by atoms with van der Waals surface area (Å²) in [5, 5.41) is 2.54. The van der Waals surface area contributed by atoms with Crippen molar-refractivity contribution < 1.29 is 19.1 Å². The molecule has 0 bridgehead atoms. The van der Waals surface area contributed by atoms with E-state index in [4.69, 9.17) is 9.47 Å². The molecule has 5 nitrogen and oxygen atoms in total. The smallest absolute Gasteiger partial charge is 0.412 e. The van der Waals surface area contributed by atoms with Gasteiger partial charge in [0, 0.05) is 6.54 Å². The SMILES string of the molecule is CCCCCCCCCCCCOC(=O)CCNC(=O)Oc1ccccc1. The predicted molar refractivity (Wildman–Crippen MR) is 108 cm³/mol. The van der Waals surface area contributed by atoms with Gasteiger partial charge in [0.25, 0.3) is 0 Å². The molecule has 0 heterocycles. The number of hydrogen-bond acceptors (Lipinski definition) is 4. The van der Waals surface area contributed by atoms with Crippen molar-refractivity contribution in [3.8, 4) is 5.75 Å². The summed E-state index contributed by atoms with van der Waals surface area (Å²) in [6.45, 7) is 2.91. The molecule has 152 valence electrons. The normalized spacial score (nSPS) is 10.4. The molecule has 0 aliphatic heterocycles. The number of carbonyl (C=O) groups excluding carboxylic acids is 2. The Morgan fingerprint density at radius 2 is 1.44 bits per heavy atom. The standard InChI is InChI=1S/C22H35NO4/c1-2-3-4-5-6-7-8-9-10-14-19-26-21(24)17-18-23-22(25)27-20-15-12-11-13-16-20/h11-13,15-16H,2-10,14,17-19H2,1H3,(H,23,25). The molecule has 0 aliphatic rings. The summed E-state index contributed by atoms with van der Waals surface area (Å²) < 4.78 is 10.2. The highest BCUT2D eigenvalue weighted by molar-refractivity contribution is 5.73. The molecule has 0 atom stereocenters. The van der Waals surface area contributed by atoms with Crippen LogP contribution in [0.15, 0.2) is 30.3 Å². The lowest BCUT2D eigenvalue weighted by Gasteiger charge is -2.07. The van der Waals surface area contributed by atoms with Crippen LogP contribution < -0.4 is 10.1 Å². The van der Waals surface area contributed by atoms with E-state index in [0.717, 1.165) is 12.8 Å². The van der Waals surface area contributed by atoms with Crippen molar-refractivity contribution in [2.45, 2.75) is 77.6 Å². The number of nitrogens with one attached hydrogen (secondary N) is 1. The maximum atomic E-state index is 11.6. The zero-order valence-corrected chi connectivity index (χ0v) is 16.7. The van der Waals surface area contributed by atoms with E-state index in [9.17, 15) is 9.59 Å². The average Bonchev–Trinajstić information content (AvgIpc) is 2.67. The van der Waals surface area contributed by atoms with Crippen LogP contribution in [0.3, 0.4) is 0 Å². The third-order valence-corrected chi connectivity index (χ3v) is 4.31. The van der Waals surface area contributed by atoms with Gasteiger partial charge in [0.2, 0.25) is 0 Å². The van der Waals surface area contributed by atoms with Crippen molar-refractivity contribution >= 4 is 12.1 Å². The van der Waals surface area contributed by atoms with Gasteiger partial charge < -0.3 is 14.8 Å². The van der Waals surface area contributed by atoms with Crippen LogP contribution >= 0.6 is 0 Å². The van der Waals surface area contributed by atoms with Crippen molar-refractivity contribution in [2.24, 2.45) is 0 Å². The summed E-state index contributed by atoms with van der Waals surface area (Å²) >= 11 is 0. The number of ether oxygens (including phenoxy) is 2. The number of carbonyl (C=O) groups is 2. The van der Waals surface area contributed by atoms with E-state index in [1.807, 2.05) is 6.07 Å². The van der Waals surface area contributed by atoms with Crippen LogP contribution in [-0.4, -0.2) is 25.2 Å². The molecule has 0 saturated carbocycles. The van der Waals surface area contributed by atoms with Gasteiger partial charge in [-0.25, -0.2) is 4.79 Å². The lowest BCUT2D eigenvalue weighted by molar-refractivity contribution is -0.143. The van der Waals surface area contributed by atoms with Crippen LogP contribution in [0.2, 0.25) is 0 Å². The fourth-order valence-corrected chi connectivity index (χ4v) is 2.75. The van der Waals surface area contributed by atoms with E-state index < -0.39 is 6.09 Å². The molecule has 0 spiro atoms. The molecule has 5 heteroatoms. The van der Waals surface area contributed by atoms with Gasteiger partial charge in [-0.15, -0.1) is 0 Å². The number of para-hydroxylation sites is 1. The zero-order chi connectivity index (χ0) is 19.6. The number of rotatable bonds is 15. The van der Waals surface area contributed by atoms with Crippen LogP contribution in [0.4, 0.5) is 4.79 Å². The molecule has 1 N–H and O–H groups in total. The van der Waals surface area contributed by atoms with Crippen LogP contribution in [0.5, 0.6) is 5.75 Å². The molecule has 1 rings (SSSR count). The summed E-state index contributed by atoms with van der Waals surface area (Å²) in [5.74, 6) is 0.185. The maximum Gasteiger partial charge on any atom is 0.412 e. The van der Waals surface area contributed by atoms with Gasteiger partial charge >= 0.3 is 12.1 Å². The molecule has 1 amide bonds. The van der Waals surface area contributed by atoms with Crippen molar-refractivity contribution in [2.75, 3.05) is 13.2 Å². The van der Waals surface area contributed by atoms with Gasteiger partial charge in [0.1, 0.15) is 5.75 Å². The van der Waals surface area contributed by atoms with Gasteiger partial charge in [0.05, 0.1) is 13.0 Å². The first-order chi connectivity index (χ1) is 13.2. The molecule has 1 aromatic carbocycles. The highest BCUT2D eigenvalue weighted by Crippen LogP contribution is 2.10. The minimum Gasteiger partial charge on any atom is -0.466 e. The summed E-state index contributed by atoms with van der Waals surface area (Å²) in [6, 6.07) is 8.80. The van der Waals surface area contributed by atoms with Crippen molar-refractivity contribution in [3.05, 3.63) is 30.3 Å². The van der Waals surface area contributed by atoms with Crippen LogP contribution in [0.1, 0.15) is 77.6 Å². The van der Waals surface area contributed by atoms with Gasteiger partial charge in [0.15, 0.2) is 0 Å². The summed E-state index contributed by atoms with van der Waals surface area (Å²) in [6.07, 6.45) is 12.1. The van der Waals surface area contributed by atoms with Crippen molar-refractivity contribution in [1.29, 1.82) is 0 Å². The fraction of sp³-hybridized carbons (Fsp3) is 0.636. The molecule has 0 aromatic heterocycles. The molecule has 0 fully saturated rings. The Kier molecular flexibility index (Phi) is 13.8. The number of unbranched alkanes of at least 4 members (excludes halogenated alkanes) is 9. The van der Waals surface area contributed by atoms with Gasteiger partial charge in [-0.3, -0.25) is 4.79 Å². The Morgan fingerprint density at radius 1 is 0.852 bits per heavy atom. The molecule has 27 heavy (non-hydrogen) atoms. The third kappa shape index (κ3) is 13.8. The highest BCUT2D eigenvalue weighted by atomic mass is 16.6. The molecular formula is C22H35NO4. The lowest BCUT2D eigenvalue weighted by Crippen LogP contribution is -2.29. The van der Waals surface area contributed by atoms with Gasteiger partial charge in [-0.1, -0.05) is 82.9 Å². The van der Waals surface area contributed by atoms with E-state index in [0.29, 0.717) is 12.4 Å². The van der Waals surface area contributed by atoms with Gasteiger partial charge in [-0.05, 0) is 18.6 Å². The van der Waals surface area contributed by atoms with E-state index in [1.54, 1.807) is 24.3 Å². The minimum atomic E-state index is -0.566. The van der Waals surface area contributed by atoms with Crippen LogP contribution in [0, 0.1) is 0 Å². The van der Waals surface area contributed by atoms with Crippen molar-refractivity contribution in [1.82, 2.24) is 5.32 Å². The number of hydrogen-bond donors (Lipinski definition) is 1. The average molecular weight is 378 g/mol. The van der Waals surface area contributed by atoms with E-state index in [1.165, 1.54) is 51.4 Å². The van der Waals surface area contributed by atoms with Crippen LogP contribution in [0.25, 0.3) is 0 Å². The monoisotopic (exact) mass is 377 g/mol. The fourth-order valence-electron chi connectivity index (χ4n) is 2.75. The molecule has 0 unspecified atom stereocenters. The lowest BCUT2D eigenvalue weighted by atomic mass is 10.1. The predicted octanol–water partition coefficient (Wildman–Crippen LogP) is 5.63.